The van der Waals surface area contributed by atoms with Crippen LogP contribution in [0.3, 0.4) is 0 Å². The molecule has 150 valence electrons. The molecule has 1 aliphatic rings. The van der Waals surface area contributed by atoms with E-state index < -0.39 is 11.3 Å². The van der Waals surface area contributed by atoms with Crippen molar-refractivity contribution in [2.24, 2.45) is 0 Å². The number of carbonyl (C=O) groups is 1. The minimum atomic E-state index is -0.502. The Balaban J connectivity index is 1.68. The number of methoxy groups -OCH3 is 1. The molecule has 0 aliphatic carbocycles. The second-order valence-corrected chi connectivity index (χ2v) is 7.60. The molecule has 0 bridgehead atoms. The molecular weight excluding hydrogens is 393 g/mol. The molecule has 0 saturated carbocycles. The molecule has 2 heterocycles. The summed E-state index contributed by atoms with van der Waals surface area (Å²) in [5.74, 6) is 0.177. The van der Waals surface area contributed by atoms with E-state index in [2.05, 4.69) is 20.9 Å². The number of ether oxygens (including phenoxy) is 1. The summed E-state index contributed by atoms with van der Waals surface area (Å²) in [6, 6.07) is 15.4. The molecule has 0 spiro atoms. The quantitative estimate of drug-likeness (QED) is 0.605. The first kappa shape index (κ1) is 19.4. The van der Waals surface area contributed by atoms with Gasteiger partial charge >= 0.3 is 0 Å². The van der Waals surface area contributed by atoms with Crippen molar-refractivity contribution in [3.8, 4) is 11.4 Å². The van der Waals surface area contributed by atoms with E-state index in [0.29, 0.717) is 24.1 Å². The number of amides is 1. The van der Waals surface area contributed by atoms with Crippen molar-refractivity contribution in [3.05, 3.63) is 66.0 Å². The third kappa shape index (κ3) is 4.10. The Morgan fingerprint density at radius 3 is 2.69 bits per heavy atom. The highest BCUT2D eigenvalue weighted by Gasteiger charge is 2.37. The van der Waals surface area contributed by atoms with E-state index >= 15 is 0 Å². The fraction of sp³-hybridized carbons (Fsp3) is 0.250. The lowest BCUT2D eigenvalue weighted by atomic mass is 10.0. The highest BCUT2D eigenvalue weighted by atomic mass is 32.2. The molecule has 2 atom stereocenters. The summed E-state index contributed by atoms with van der Waals surface area (Å²) in [6.07, 6.45) is 0. The van der Waals surface area contributed by atoms with Gasteiger partial charge in [-0.2, -0.15) is 0 Å². The summed E-state index contributed by atoms with van der Waals surface area (Å²) in [7, 11) is 1.58. The van der Waals surface area contributed by atoms with Crippen molar-refractivity contribution in [2.75, 3.05) is 25.7 Å². The Labute approximate surface area is 171 Å². The molecule has 0 saturated heterocycles. The number of hydrogen-bond donors (Lipinski definition) is 2. The maximum Gasteiger partial charge on any atom is 0.236 e. The summed E-state index contributed by atoms with van der Waals surface area (Å²) in [4.78, 5) is 12.9. The lowest BCUT2D eigenvalue weighted by Gasteiger charge is -2.33. The number of thioether (sulfide) groups is 1. The monoisotopic (exact) mass is 413 g/mol. The van der Waals surface area contributed by atoms with Crippen LogP contribution >= 0.6 is 11.8 Å². The molecule has 2 aromatic carbocycles. The maximum atomic E-state index is 13.4. The number of halogens is 1. The predicted molar refractivity (Wildman–Crippen MR) is 108 cm³/mol. The van der Waals surface area contributed by atoms with Gasteiger partial charge in [0, 0.05) is 19.2 Å². The molecule has 9 heteroatoms. The van der Waals surface area contributed by atoms with Gasteiger partial charge < -0.3 is 15.5 Å². The second kappa shape index (κ2) is 8.62. The number of aromatic nitrogens is 3. The van der Waals surface area contributed by atoms with Gasteiger partial charge in [-0.15, -0.1) is 10.2 Å². The molecule has 1 aliphatic heterocycles. The summed E-state index contributed by atoms with van der Waals surface area (Å²) >= 11 is 1.33. The molecule has 29 heavy (non-hydrogen) atoms. The summed E-state index contributed by atoms with van der Waals surface area (Å²) in [5.41, 5.74) is 5.06. The highest BCUT2D eigenvalue weighted by molar-refractivity contribution is 8.00. The Bertz CT molecular complexity index is 980. The number of fused-ring (bicyclic) bond motifs is 1. The Hall–Kier alpha value is -2.91. The zero-order valence-corrected chi connectivity index (χ0v) is 16.5. The molecule has 2 unspecified atom stereocenters. The predicted octanol–water partition coefficient (Wildman–Crippen LogP) is 2.61. The third-order valence-corrected chi connectivity index (χ3v) is 5.78. The van der Waals surface area contributed by atoms with Crippen LogP contribution in [0.1, 0.15) is 11.6 Å². The zero-order valence-electron chi connectivity index (χ0n) is 15.7. The van der Waals surface area contributed by atoms with Crippen molar-refractivity contribution in [1.29, 1.82) is 0 Å². The van der Waals surface area contributed by atoms with Crippen LogP contribution in [-0.4, -0.2) is 46.3 Å². The van der Waals surface area contributed by atoms with Crippen LogP contribution in [0.2, 0.25) is 0 Å². The van der Waals surface area contributed by atoms with Gasteiger partial charge in [0.15, 0.2) is 5.82 Å². The topological polar surface area (TPSA) is 81.1 Å². The van der Waals surface area contributed by atoms with Crippen LogP contribution in [0.4, 0.5) is 4.39 Å². The molecule has 2 N–H and O–H groups in total. The largest absolute Gasteiger partial charge is 0.383 e. The van der Waals surface area contributed by atoms with Crippen molar-refractivity contribution in [1.82, 2.24) is 20.2 Å². The average molecular weight is 413 g/mol. The van der Waals surface area contributed by atoms with Gasteiger partial charge in [0.25, 0.3) is 0 Å². The first-order valence-corrected chi connectivity index (χ1v) is 10.0. The Kier molecular flexibility index (Phi) is 5.77. The van der Waals surface area contributed by atoms with E-state index in [0.717, 1.165) is 11.1 Å². The number of nitrogens with one attached hydrogen (secondary N) is 2. The van der Waals surface area contributed by atoms with Gasteiger partial charge in [0.2, 0.25) is 11.1 Å². The number of benzene rings is 2. The summed E-state index contributed by atoms with van der Waals surface area (Å²) in [5, 5.41) is 11.5. The van der Waals surface area contributed by atoms with Crippen LogP contribution in [0, 0.1) is 5.82 Å². The van der Waals surface area contributed by atoms with Gasteiger partial charge in [-0.3, -0.25) is 4.79 Å². The van der Waals surface area contributed by atoms with Crippen molar-refractivity contribution < 1.29 is 13.9 Å². The molecule has 0 radical (unpaired) electrons. The fourth-order valence-corrected chi connectivity index (χ4v) is 4.23. The van der Waals surface area contributed by atoms with E-state index in [-0.39, 0.29) is 11.7 Å². The normalized spacial score (nSPS) is 18.0. The minimum Gasteiger partial charge on any atom is -0.383 e. The third-order valence-electron chi connectivity index (χ3n) is 4.56. The summed E-state index contributed by atoms with van der Waals surface area (Å²) < 4.78 is 20.2. The van der Waals surface area contributed by atoms with Gasteiger partial charge in [0.05, 0.1) is 12.6 Å². The van der Waals surface area contributed by atoms with Crippen LogP contribution in [-0.2, 0) is 9.53 Å². The smallest absolute Gasteiger partial charge is 0.236 e. The molecular formula is C20H20FN5O2S. The molecule has 1 aromatic heterocycles. The Morgan fingerprint density at radius 1 is 1.21 bits per heavy atom. The molecule has 3 aromatic rings. The van der Waals surface area contributed by atoms with E-state index in [1.54, 1.807) is 23.9 Å². The van der Waals surface area contributed by atoms with E-state index in [1.807, 2.05) is 30.3 Å². The van der Waals surface area contributed by atoms with E-state index in [1.165, 1.54) is 23.9 Å². The zero-order chi connectivity index (χ0) is 20.2. The molecule has 7 nitrogen and oxygen atoms in total. The van der Waals surface area contributed by atoms with Crippen LogP contribution in [0.25, 0.3) is 11.4 Å². The first-order chi connectivity index (χ1) is 14.2. The van der Waals surface area contributed by atoms with Gasteiger partial charge in [-0.25, -0.2) is 9.07 Å². The fourth-order valence-electron chi connectivity index (χ4n) is 3.13. The van der Waals surface area contributed by atoms with Crippen LogP contribution < -0.4 is 10.7 Å². The lowest BCUT2D eigenvalue weighted by Crippen LogP contribution is -2.44. The highest BCUT2D eigenvalue weighted by Crippen LogP contribution is 2.38. The van der Waals surface area contributed by atoms with E-state index in [9.17, 15) is 9.18 Å². The van der Waals surface area contributed by atoms with Crippen molar-refractivity contribution in [2.45, 2.75) is 16.4 Å². The van der Waals surface area contributed by atoms with Gasteiger partial charge in [-0.1, -0.05) is 54.2 Å². The van der Waals surface area contributed by atoms with E-state index in [4.69, 9.17) is 4.74 Å². The van der Waals surface area contributed by atoms with Gasteiger partial charge in [0.1, 0.15) is 11.1 Å². The number of hydrogen-bond acceptors (Lipinski definition) is 6. The first-order valence-electron chi connectivity index (χ1n) is 9.13. The van der Waals surface area contributed by atoms with Crippen LogP contribution in [0.5, 0.6) is 0 Å². The second-order valence-electron chi connectivity index (χ2n) is 6.49. The standard InChI is InChI=1S/C20H20FN5O2S/c1-28-12-11-22-19(27)17-16(13-7-9-15(21)10-8-13)25-26-18(23-24-20(26)29-17)14-5-3-2-4-6-14/h2-10,16-17,25H,11-12H2,1H3,(H,22,27). The maximum absolute atomic E-state index is 13.4. The van der Waals surface area contributed by atoms with Crippen molar-refractivity contribution >= 4 is 17.7 Å². The minimum absolute atomic E-state index is 0.149. The average Bonchev–Trinajstić information content (AvgIpc) is 3.17. The molecule has 1 amide bonds. The molecule has 4 rings (SSSR count). The Morgan fingerprint density at radius 2 is 1.97 bits per heavy atom. The lowest BCUT2D eigenvalue weighted by molar-refractivity contribution is -0.121. The molecule has 0 fully saturated rings. The van der Waals surface area contributed by atoms with Crippen LogP contribution in [0.15, 0.2) is 59.8 Å². The number of nitrogens with zero attached hydrogens (tertiary/aromatic N) is 3. The number of carbonyl (C=O) groups excluding carboxylic acids is 1. The number of rotatable bonds is 6. The van der Waals surface area contributed by atoms with Gasteiger partial charge in [-0.05, 0) is 17.7 Å². The summed E-state index contributed by atoms with van der Waals surface area (Å²) in [6.45, 7) is 0.830. The van der Waals surface area contributed by atoms with Crippen molar-refractivity contribution in [3.63, 3.8) is 0 Å². The SMILES string of the molecule is COCCNC(=O)C1Sc2nnc(-c3ccccc3)n2NC1c1ccc(F)cc1.